The van der Waals surface area contributed by atoms with Crippen LogP contribution in [0.4, 0.5) is 5.69 Å². The van der Waals surface area contributed by atoms with Gasteiger partial charge in [0.15, 0.2) is 0 Å². The van der Waals surface area contributed by atoms with Crippen molar-refractivity contribution in [2.45, 2.75) is 20.5 Å². The van der Waals surface area contributed by atoms with Gasteiger partial charge in [0, 0.05) is 24.2 Å². The van der Waals surface area contributed by atoms with Crippen LogP contribution < -0.4 is 15.8 Å². The van der Waals surface area contributed by atoms with Crippen molar-refractivity contribution in [3.8, 4) is 5.75 Å². The number of nitrogens with one attached hydrogen (secondary N) is 1. The number of rotatable bonds is 6. The van der Waals surface area contributed by atoms with Gasteiger partial charge >= 0.3 is 0 Å². The van der Waals surface area contributed by atoms with Crippen molar-refractivity contribution in [1.82, 2.24) is 0 Å². The Kier molecular flexibility index (Phi) is 5.55. The predicted molar refractivity (Wildman–Crippen MR) is 88.8 cm³/mol. The first-order valence-electron chi connectivity index (χ1n) is 7.38. The molecule has 0 bridgehead atoms. The van der Waals surface area contributed by atoms with Gasteiger partial charge in [0.05, 0.1) is 0 Å². The Morgan fingerprint density at radius 1 is 1.23 bits per heavy atom. The van der Waals surface area contributed by atoms with Crippen LogP contribution in [0.1, 0.15) is 18.1 Å². The van der Waals surface area contributed by atoms with Crippen LogP contribution in [0.25, 0.3) is 0 Å². The maximum absolute atomic E-state index is 11.8. The Bertz CT molecular complexity index is 640. The predicted octanol–water partition coefficient (Wildman–Crippen LogP) is 3.11. The summed E-state index contributed by atoms with van der Waals surface area (Å²) in [5, 5.41) is 2.84. The number of carbonyl (C=O) groups excluding carboxylic acids is 1. The zero-order chi connectivity index (χ0) is 15.9. The third-order valence-electron chi connectivity index (χ3n) is 3.56. The standard InChI is InChI=1S/C18H22N2O2/c1-13-6-3-4-7-15(13)12-22-17-9-5-8-16(10-17)20-18(21)14(2)11-19/h3-10,14H,11-12,19H2,1-2H3,(H,20,21). The van der Waals surface area contributed by atoms with Gasteiger partial charge in [0.25, 0.3) is 0 Å². The van der Waals surface area contributed by atoms with Gasteiger partial charge in [-0.3, -0.25) is 4.79 Å². The molecule has 3 N–H and O–H groups in total. The molecule has 2 aromatic rings. The van der Waals surface area contributed by atoms with Crippen LogP contribution in [-0.2, 0) is 11.4 Å². The van der Waals surface area contributed by atoms with Crippen LogP contribution in [0.15, 0.2) is 48.5 Å². The number of hydrogen-bond donors (Lipinski definition) is 2. The largest absolute Gasteiger partial charge is 0.489 e. The molecule has 0 spiro atoms. The lowest BCUT2D eigenvalue weighted by Gasteiger charge is -2.12. The summed E-state index contributed by atoms with van der Waals surface area (Å²) in [6, 6.07) is 15.5. The lowest BCUT2D eigenvalue weighted by atomic mass is 10.1. The molecule has 0 aliphatic carbocycles. The van der Waals surface area contributed by atoms with E-state index in [2.05, 4.69) is 18.3 Å². The first-order valence-corrected chi connectivity index (χ1v) is 7.38. The molecule has 2 rings (SSSR count). The van der Waals surface area contributed by atoms with E-state index in [1.165, 1.54) is 5.56 Å². The maximum Gasteiger partial charge on any atom is 0.228 e. The van der Waals surface area contributed by atoms with Gasteiger partial charge in [0.2, 0.25) is 5.91 Å². The van der Waals surface area contributed by atoms with E-state index < -0.39 is 0 Å². The highest BCUT2D eigenvalue weighted by molar-refractivity contribution is 5.92. The molecule has 0 heterocycles. The number of benzene rings is 2. The second-order valence-corrected chi connectivity index (χ2v) is 5.37. The molecular weight excluding hydrogens is 276 g/mol. The number of anilines is 1. The van der Waals surface area contributed by atoms with Crippen molar-refractivity contribution in [3.63, 3.8) is 0 Å². The van der Waals surface area contributed by atoms with Gasteiger partial charge in [-0.25, -0.2) is 0 Å². The van der Waals surface area contributed by atoms with Crippen molar-refractivity contribution in [2.75, 3.05) is 11.9 Å². The maximum atomic E-state index is 11.8. The molecule has 1 amide bonds. The fourth-order valence-electron chi connectivity index (χ4n) is 1.97. The molecule has 0 fully saturated rings. The van der Waals surface area contributed by atoms with Crippen molar-refractivity contribution in [1.29, 1.82) is 0 Å². The van der Waals surface area contributed by atoms with E-state index in [9.17, 15) is 4.79 Å². The molecule has 0 saturated carbocycles. The third-order valence-corrected chi connectivity index (χ3v) is 3.56. The first-order chi connectivity index (χ1) is 10.6. The molecule has 0 aromatic heterocycles. The number of ether oxygens (including phenoxy) is 1. The molecule has 4 nitrogen and oxygen atoms in total. The number of aryl methyl sites for hydroxylation is 1. The lowest BCUT2D eigenvalue weighted by molar-refractivity contribution is -0.119. The summed E-state index contributed by atoms with van der Waals surface area (Å²) in [7, 11) is 0. The van der Waals surface area contributed by atoms with Crippen LogP contribution in [0.3, 0.4) is 0 Å². The molecule has 0 aliphatic rings. The molecule has 0 aliphatic heterocycles. The third kappa shape index (κ3) is 4.33. The molecule has 0 radical (unpaired) electrons. The Hall–Kier alpha value is -2.33. The van der Waals surface area contributed by atoms with E-state index >= 15 is 0 Å². The zero-order valence-corrected chi connectivity index (χ0v) is 13.0. The summed E-state index contributed by atoms with van der Waals surface area (Å²) >= 11 is 0. The van der Waals surface area contributed by atoms with Crippen LogP contribution >= 0.6 is 0 Å². The zero-order valence-electron chi connectivity index (χ0n) is 13.0. The molecule has 0 saturated heterocycles. The minimum atomic E-state index is -0.212. The van der Waals surface area contributed by atoms with Gasteiger partial charge in [-0.15, -0.1) is 0 Å². The highest BCUT2D eigenvalue weighted by Gasteiger charge is 2.11. The quantitative estimate of drug-likeness (QED) is 0.861. The second kappa shape index (κ2) is 7.61. The van der Waals surface area contributed by atoms with E-state index in [1.54, 1.807) is 6.92 Å². The minimum Gasteiger partial charge on any atom is -0.489 e. The van der Waals surface area contributed by atoms with Crippen LogP contribution in [-0.4, -0.2) is 12.5 Å². The summed E-state index contributed by atoms with van der Waals surface area (Å²) < 4.78 is 5.81. The van der Waals surface area contributed by atoms with Crippen molar-refractivity contribution in [2.24, 2.45) is 11.7 Å². The Morgan fingerprint density at radius 3 is 2.73 bits per heavy atom. The summed E-state index contributed by atoms with van der Waals surface area (Å²) in [5.74, 6) is 0.427. The SMILES string of the molecule is Cc1ccccc1COc1cccc(NC(=O)C(C)CN)c1. The van der Waals surface area contributed by atoms with Gasteiger partial charge in [0.1, 0.15) is 12.4 Å². The highest BCUT2D eigenvalue weighted by Crippen LogP contribution is 2.20. The molecule has 2 aromatic carbocycles. The van der Waals surface area contributed by atoms with Gasteiger partial charge in [-0.1, -0.05) is 37.3 Å². The molecule has 116 valence electrons. The molecule has 4 heteroatoms. The van der Waals surface area contributed by atoms with E-state index in [0.29, 0.717) is 18.8 Å². The van der Waals surface area contributed by atoms with E-state index in [-0.39, 0.29) is 11.8 Å². The second-order valence-electron chi connectivity index (χ2n) is 5.37. The van der Waals surface area contributed by atoms with Crippen LogP contribution in [0.2, 0.25) is 0 Å². The fourth-order valence-corrected chi connectivity index (χ4v) is 1.97. The normalized spacial score (nSPS) is 11.8. The average molecular weight is 298 g/mol. The summed E-state index contributed by atoms with van der Waals surface area (Å²) in [5.41, 5.74) is 8.56. The highest BCUT2D eigenvalue weighted by atomic mass is 16.5. The Labute approximate surface area is 131 Å². The van der Waals surface area contributed by atoms with Crippen molar-refractivity contribution < 1.29 is 9.53 Å². The number of amides is 1. The van der Waals surface area contributed by atoms with Crippen molar-refractivity contribution >= 4 is 11.6 Å². The number of hydrogen-bond acceptors (Lipinski definition) is 3. The first kappa shape index (κ1) is 16.0. The molecular formula is C18H22N2O2. The monoisotopic (exact) mass is 298 g/mol. The smallest absolute Gasteiger partial charge is 0.228 e. The van der Waals surface area contributed by atoms with Crippen LogP contribution in [0, 0.1) is 12.8 Å². The van der Waals surface area contributed by atoms with Gasteiger partial charge < -0.3 is 15.8 Å². The summed E-state index contributed by atoms with van der Waals surface area (Å²) in [6.45, 7) is 4.69. The van der Waals surface area contributed by atoms with Gasteiger partial charge in [-0.05, 0) is 30.2 Å². The Morgan fingerprint density at radius 2 is 2.00 bits per heavy atom. The Balaban J connectivity index is 2.00. The van der Waals surface area contributed by atoms with E-state index in [4.69, 9.17) is 10.5 Å². The topological polar surface area (TPSA) is 64.3 Å². The molecule has 22 heavy (non-hydrogen) atoms. The lowest BCUT2D eigenvalue weighted by Crippen LogP contribution is -2.26. The summed E-state index contributed by atoms with van der Waals surface area (Å²) in [4.78, 5) is 11.8. The van der Waals surface area contributed by atoms with Crippen molar-refractivity contribution in [3.05, 3.63) is 59.7 Å². The number of carbonyl (C=O) groups is 1. The summed E-state index contributed by atoms with van der Waals surface area (Å²) in [6.07, 6.45) is 0. The van der Waals surface area contributed by atoms with Crippen LogP contribution in [0.5, 0.6) is 5.75 Å². The number of nitrogens with two attached hydrogens (primary N) is 1. The minimum absolute atomic E-state index is 0.0847. The van der Waals surface area contributed by atoms with E-state index in [1.807, 2.05) is 42.5 Å². The van der Waals surface area contributed by atoms with E-state index in [0.717, 1.165) is 11.3 Å². The fraction of sp³-hybridized carbons (Fsp3) is 0.278. The molecule has 1 unspecified atom stereocenters. The average Bonchev–Trinajstić information content (AvgIpc) is 2.53. The van der Waals surface area contributed by atoms with Gasteiger partial charge in [-0.2, -0.15) is 0 Å². The molecule has 1 atom stereocenters.